The monoisotopic (exact) mass is 498 g/mol. The Morgan fingerprint density at radius 1 is 0.656 bits per heavy atom. The average Bonchev–Trinajstić information content (AvgIpc) is 2.59. The normalized spacial score (nSPS) is 17.6. The van der Waals surface area contributed by atoms with Crippen molar-refractivity contribution in [3.63, 3.8) is 0 Å². The van der Waals surface area contributed by atoms with Crippen LogP contribution >= 0.6 is 0 Å². The lowest BCUT2D eigenvalue weighted by molar-refractivity contribution is -0.313. The van der Waals surface area contributed by atoms with Crippen LogP contribution in [0.3, 0.4) is 0 Å². The summed E-state index contributed by atoms with van der Waals surface area (Å²) in [6.07, 6.45) is -33.3. The largest absolute Gasteiger partial charge is 0.440 e. The van der Waals surface area contributed by atoms with Crippen molar-refractivity contribution >= 4 is 11.9 Å². The molecule has 16 heteroatoms. The predicted octanol–water partition coefficient (Wildman–Crippen LogP) is 5.57. The Kier molecular flexibility index (Phi) is 8.51. The molecular weight excluding hydrogens is 484 g/mol. The van der Waals surface area contributed by atoms with Crippen LogP contribution in [0.2, 0.25) is 0 Å². The second-order valence-electron chi connectivity index (χ2n) is 6.70. The molecule has 0 spiro atoms. The molecule has 0 amide bonds. The number of carbonyl (C=O) groups is 2. The minimum absolute atomic E-state index is 0.0983. The summed E-state index contributed by atoms with van der Waals surface area (Å²) in [6, 6.07) is 0. The molecule has 1 rings (SSSR count). The van der Waals surface area contributed by atoms with Crippen LogP contribution in [0.1, 0.15) is 32.1 Å². The number of carbonyl (C=O) groups excluding carboxylic acids is 2. The van der Waals surface area contributed by atoms with Gasteiger partial charge >= 0.3 is 36.6 Å². The second kappa shape index (κ2) is 9.77. The zero-order valence-corrected chi connectivity index (χ0v) is 15.5. The van der Waals surface area contributed by atoms with Gasteiger partial charge in [-0.1, -0.05) is 19.3 Å². The van der Waals surface area contributed by atoms with E-state index in [2.05, 4.69) is 9.47 Å². The zero-order chi connectivity index (χ0) is 25.1. The van der Waals surface area contributed by atoms with Crippen molar-refractivity contribution < 1.29 is 71.7 Å². The first-order valence-corrected chi connectivity index (χ1v) is 8.64. The van der Waals surface area contributed by atoms with E-state index in [-0.39, 0.29) is 31.8 Å². The highest BCUT2D eigenvalue weighted by Gasteiger charge is 2.61. The minimum atomic E-state index is -6.14. The Balaban J connectivity index is 3.27. The molecule has 186 valence electrons. The van der Waals surface area contributed by atoms with Gasteiger partial charge in [0.15, 0.2) is 0 Å². The van der Waals surface area contributed by atoms with Crippen LogP contribution < -0.4 is 0 Å². The van der Waals surface area contributed by atoms with E-state index in [4.69, 9.17) is 0 Å². The summed E-state index contributed by atoms with van der Waals surface area (Å²) in [5.74, 6) is -6.07. The molecule has 1 saturated carbocycles. The lowest BCUT2D eigenvalue weighted by atomic mass is 9.83. The first-order chi connectivity index (χ1) is 14.2. The third kappa shape index (κ3) is 8.07. The van der Waals surface area contributed by atoms with E-state index in [9.17, 15) is 62.3 Å². The smallest absolute Gasteiger partial charge is 0.434 e. The van der Waals surface area contributed by atoms with Gasteiger partial charge in [-0.3, -0.25) is 0 Å². The molecule has 32 heavy (non-hydrogen) atoms. The minimum Gasteiger partial charge on any atom is -0.440 e. The van der Waals surface area contributed by atoms with Gasteiger partial charge in [-0.2, -0.15) is 52.7 Å². The molecule has 1 aliphatic rings. The summed E-state index contributed by atoms with van der Waals surface area (Å²) in [5, 5.41) is 0. The van der Waals surface area contributed by atoms with E-state index in [1.54, 1.807) is 0 Å². The number of ether oxygens (including phenoxy) is 2. The van der Waals surface area contributed by atoms with Crippen LogP contribution in [-0.2, 0) is 19.1 Å². The zero-order valence-electron chi connectivity index (χ0n) is 15.5. The van der Waals surface area contributed by atoms with Gasteiger partial charge in [0.1, 0.15) is 0 Å². The molecule has 0 aliphatic heterocycles. The Morgan fingerprint density at radius 3 is 1.41 bits per heavy atom. The molecule has 0 aromatic rings. The third-order valence-electron chi connectivity index (χ3n) is 4.20. The fourth-order valence-electron chi connectivity index (χ4n) is 2.85. The first-order valence-electron chi connectivity index (χ1n) is 8.64. The van der Waals surface area contributed by atoms with E-state index in [1.165, 1.54) is 0 Å². The van der Waals surface area contributed by atoms with Gasteiger partial charge in [0, 0.05) is 11.6 Å². The van der Waals surface area contributed by atoms with Crippen molar-refractivity contribution in [3.8, 4) is 0 Å². The van der Waals surface area contributed by atoms with Gasteiger partial charge in [-0.15, -0.1) is 0 Å². The maximum absolute atomic E-state index is 12.6. The Labute approximate surface area is 171 Å². The maximum Gasteiger partial charge on any atom is 0.434 e. The summed E-state index contributed by atoms with van der Waals surface area (Å²) in [7, 11) is 0. The van der Waals surface area contributed by atoms with Crippen molar-refractivity contribution in [1.82, 2.24) is 0 Å². The van der Waals surface area contributed by atoms with Crippen LogP contribution in [-0.4, -0.2) is 48.9 Å². The van der Waals surface area contributed by atoms with Crippen molar-refractivity contribution in [2.24, 2.45) is 5.92 Å². The van der Waals surface area contributed by atoms with Gasteiger partial charge in [-0.05, 0) is 18.8 Å². The van der Waals surface area contributed by atoms with Crippen LogP contribution in [0, 0.1) is 5.92 Å². The Bertz CT molecular complexity index is 668. The molecule has 0 N–H and O–H groups in total. The van der Waals surface area contributed by atoms with E-state index in [0.717, 1.165) is 0 Å². The quantitative estimate of drug-likeness (QED) is 0.283. The number of alkyl halides is 12. The lowest BCUT2D eigenvalue weighted by Crippen LogP contribution is -2.46. The standard InChI is InChI=1S/C16H14F12O4/c17-13(18,19)11(14(20,21)22)31-9(29)6-8(7-4-2-1-3-5-7)10(30)32-12(15(23,24)25)16(26,27)28/h6-7,11-12H,1-5H2/b8-6+. The van der Waals surface area contributed by atoms with Crippen LogP contribution in [0.15, 0.2) is 11.6 Å². The number of halogens is 12. The fourth-order valence-corrected chi connectivity index (χ4v) is 2.85. The van der Waals surface area contributed by atoms with Gasteiger partial charge < -0.3 is 9.47 Å². The third-order valence-corrected chi connectivity index (χ3v) is 4.20. The molecule has 0 atom stereocenters. The topological polar surface area (TPSA) is 52.6 Å². The highest BCUT2D eigenvalue weighted by atomic mass is 19.4. The Morgan fingerprint density at radius 2 is 1.03 bits per heavy atom. The highest BCUT2D eigenvalue weighted by Crippen LogP contribution is 2.39. The molecular formula is C16H14F12O4. The highest BCUT2D eigenvalue weighted by molar-refractivity contribution is 5.97. The number of rotatable bonds is 5. The van der Waals surface area contributed by atoms with Crippen molar-refractivity contribution in [1.29, 1.82) is 0 Å². The summed E-state index contributed by atoms with van der Waals surface area (Å²) in [4.78, 5) is 23.7. The lowest BCUT2D eigenvalue weighted by Gasteiger charge is -2.27. The van der Waals surface area contributed by atoms with Crippen molar-refractivity contribution in [3.05, 3.63) is 11.6 Å². The van der Waals surface area contributed by atoms with Crippen LogP contribution in [0.4, 0.5) is 52.7 Å². The molecule has 0 aromatic heterocycles. The van der Waals surface area contributed by atoms with Crippen molar-refractivity contribution in [2.45, 2.75) is 69.0 Å². The average molecular weight is 498 g/mol. The molecule has 0 heterocycles. The SMILES string of the molecule is O=C(/C=C(/C(=O)OC(C(F)(F)F)C(F)(F)F)C1CCCCC1)OC(C(F)(F)F)C(F)(F)F. The molecule has 0 aromatic carbocycles. The van der Waals surface area contributed by atoms with Crippen molar-refractivity contribution in [2.75, 3.05) is 0 Å². The second-order valence-corrected chi connectivity index (χ2v) is 6.70. The molecule has 1 fully saturated rings. The number of esters is 2. The van der Waals surface area contributed by atoms with E-state index >= 15 is 0 Å². The first kappa shape index (κ1) is 27.9. The van der Waals surface area contributed by atoms with Crippen LogP contribution in [0.25, 0.3) is 0 Å². The summed E-state index contributed by atoms with van der Waals surface area (Å²) in [5.41, 5.74) is -1.25. The maximum atomic E-state index is 12.6. The van der Waals surface area contributed by atoms with Gasteiger partial charge in [0.2, 0.25) is 0 Å². The van der Waals surface area contributed by atoms with Gasteiger partial charge in [-0.25, -0.2) is 9.59 Å². The molecule has 0 saturated heterocycles. The van der Waals surface area contributed by atoms with Gasteiger partial charge in [0.25, 0.3) is 12.2 Å². The summed E-state index contributed by atoms with van der Waals surface area (Å²) < 4.78 is 157. The molecule has 4 nitrogen and oxygen atoms in total. The summed E-state index contributed by atoms with van der Waals surface area (Å²) >= 11 is 0. The molecule has 0 bridgehead atoms. The predicted molar refractivity (Wildman–Crippen MR) is 78.6 cm³/mol. The fraction of sp³-hybridized carbons (Fsp3) is 0.750. The molecule has 0 radical (unpaired) electrons. The number of hydrogen-bond donors (Lipinski definition) is 0. The van der Waals surface area contributed by atoms with E-state index in [1.807, 2.05) is 0 Å². The van der Waals surface area contributed by atoms with E-state index in [0.29, 0.717) is 6.42 Å². The molecule has 0 unspecified atom stereocenters. The Hall–Kier alpha value is -2.16. The summed E-state index contributed by atoms with van der Waals surface area (Å²) in [6.45, 7) is 0. The van der Waals surface area contributed by atoms with Gasteiger partial charge in [0.05, 0.1) is 0 Å². The number of hydrogen-bond acceptors (Lipinski definition) is 4. The molecule has 1 aliphatic carbocycles. The van der Waals surface area contributed by atoms with Crippen LogP contribution in [0.5, 0.6) is 0 Å². The van der Waals surface area contributed by atoms with E-state index < -0.39 is 60.3 Å².